The second-order valence-corrected chi connectivity index (χ2v) is 17.1. The van der Waals surface area contributed by atoms with E-state index in [-0.39, 0.29) is 0 Å². The van der Waals surface area contributed by atoms with E-state index in [0.29, 0.717) is 17.9 Å². The van der Waals surface area contributed by atoms with Crippen LogP contribution in [0.2, 0.25) is 0 Å². The summed E-state index contributed by atoms with van der Waals surface area (Å²) >= 11 is 0. The molecule has 0 amide bonds. The van der Waals surface area contributed by atoms with Gasteiger partial charge in [-0.05, 0) is 134 Å². The average molecular weight is 734 g/mol. The quantitative estimate of drug-likeness (QED) is 0.156. The first kappa shape index (κ1) is 37.6. The molecule has 3 unspecified atom stereocenters. The fraction of sp³-hybridized carbons (Fsp3) is 0.440. The highest BCUT2D eigenvalue weighted by Gasteiger charge is 2.32. The average Bonchev–Trinajstić information content (AvgIpc) is 3.23. The molecule has 5 nitrogen and oxygen atoms in total. The molecule has 0 radical (unpaired) electrons. The Morgan fingerprint density at radius 3 is 2.25 bits per heavy atom. The minimum atomic E-state index is 0.403. The zero-order valence-corrected chi connectivity index (χ0v) is 33.6. The molecule has 4 aromatic carbocycles. The summed E-state index contributed by atoms with van der Waals surface area (Å²) in [4.78, 5) is 10.7. The van der Waals surface area contributed by atoms with Crippen molar-refractivity contribution >= 4 is 11.4 Å². The first-order valence-electron chi connectivity index (χ1n) is 21.3. The van der Waals surface area contributed by atoms with Crippen LogP contribution in [-0.4, -0.2) is 68.2 Å². The van der Waals surface area contributed by atoms with Crippen LogP contribution in [0, 0.1) is 12.8 Å². The number of hydrogen-bond donors (Lipinski definition) is 1. The molecule has 1 aliphatic carbocycles. The number of nitrogens with zero attached hydrogens (tertiary/aromatic N) is 4. The van der Waals surface area contributed by atoms with Crippen LogP contribution in [0.4, 0.5) is 11.4 Å². The molecular weight excluding hydrogens is 671 g/mol. The van der Waals surface area contributed by atoms with Gasteiger partial charge in [0.05, 0.1) is 0 Å². The molecule has 3 aliphatic heterocycles. The van der Waals surface area contributed by atoms with Crippen molar-refractivity contribution in [3.8, 4) is 0 Å². The highest BCUT2D eigenvalue weighted by molar-refractivity contribution is 5.53. The molecule has 3 atom stereocenters. The van der Waals surface area contributed by atoms with Crippen LogP contribution in [0.15, 0.2) is 116 Å². The van der Waals surface area contributed by atoms with E-state index in [1.165, 1.54) is 89.2 Å². The molecule has 4 aliphatic rings. The molecular formula is C50H63N5. The Morgan fingerprint density at radius 2 is 1.49 bits per heavy atom. The minimum Gasteiger partial charge on any atom is -0.372 e. The number of hydrogen-bond acceptors (Lipinski definition) is 5. The molecule has 2 saturated heterocycles. The van der Waals surface area contributed by atoms with Gasteiger partial charge in [-0.25, -0.2) is 0 Å². The molecule has 0 saturated carbocycles. The van der Waals surface area contributed by atoms with Crippen LogP contribution in [-0.2, 0) is 19.4 Å². The zero-order valence-electron chi connectivity index (χ0n) is 33.6. The molecule has 0 aromatic heterocycles. The van der Waals surface area contributed by atoms with Crippen molar-refractivity contribution < 1.29 is 0 Å². The lowest BCUT2D eigenvalue weighted by molar-refractivity contribution is 0.182. The van der Waals surface area contributed by atoms with Crippen LogP contribution >= 0.6 is 0 Å². The summed E-state index contributed by atoms with van der Waals surface area (Å²) in [6, 6.07) is 35.9. The molecule has 4 aromatic rings. The second kappa shape index (κ2) is 17.2. The summed E-state index contributed by atoms with van der Waals surface area (Å²) in [6.45, 7) is 22.8. The third-order valence-corrected chi connectivity index (χ3v) is 13.5. The first-order chi connectivity index (χ1) is 26.9. The number of piperidine rings is 1. The van der Waals surface area contributed by atoms with E-state index >= 15 is 0 Å². The predicted molar refractivity (Wildman–Crippen MR) is 232 cm³/mol. The van der Waals surface area contributed by atoms with Crippen LogP contribution in [0.1, 0.15) is 89.8 Å². The van der Waals surface area contributed by atoms with Gasteiger partial charge in [-0.1, -0.05) is 85.5 Å². The van der Waals surface area contributed by atoms with Crippen LogP contribution in [0.5, 0.6) is 0 Å². The number of nitrogens with one attached hydrogen (secondary N) is 1. The molecule has 3 heterocycles. The van der Waals surface area contributed by atoms with Crippen molar-refractivity contribution in [2.75, 3.05) is 62.2 Å². The fourth-order valence-electron chi connectivity index (χ4n) is 10.2. The predicted octanol–water partition coefficient (Wildman–Crippen LogP) is 9.67. The van der Waals surface area contributed by atoms with Crippen molar-refractivity contribution in [2.45, 2.75) is 83.2 Å². The summed E-state index contributed by atoms with van der Waals surface area (Å²) in [5, 5.41) is 3.16. The van der Waals surface area contributed by atoms with Crippen LogP contribution in [0.25, 0.3) is 0 Å². The fourth-order valence-corrected chi connectivity index (χ4v) is 10.2. The summed E-state index contributed by atoms with van der Waals surface area (Å²) in [7, 11) is 0. The van der Waals surface area contributed by atoms with Crippen molar-refractivity contribution in [3.05, 3.63) is 155 Å². The van der Waals surface area contributed by atoms with Gasteiger partial charge < -0.3 is 15.1 Å². The highest BCUT2D eigenvalue weighted by Crippen LogP contribution is 2.47. The molecule has 5 heteroatoms. The van der Waals surface area contributed by atoms with E-state index in [2.05, 4.69) is 143 Å². The van der Waals surface area contributed by atoms with Crippen LogP contribution in [0.3, 0.4) is 0 Å². The van der Waals surface area contributed by atoms with Gasteiger partial charge in [0.25, 0.3) is 0 Å². The Labute approximate surface area is 331 Å². The lowest BCUT2D eigenvalue weighted by Gasteiger charge is -2.40. The number of allylic oxidation sites excluding steroid dienone is 1. The summed E-state index contributed by atoms with van der Waals surface area (Å²) < 4.78 is 0. The summed E-state index contributed by atoms with van der Waals surface area (Å²) in [6.07, 6.45) is 9.92. The molecule has 2 fully saturated rings. The van der Waals surface area contributed by atoms with E-state index in [4.69, 9.17) is 0 Å². The lowest BCUT2D eigenvalue weighted by atomic mass is 9.69. The summed E-state index contributed by atoms with van der Waals surface area (Å²) in [5.41, 5.74) is 14.3. The van der Waals surface area contributed by atoms with Gasteiger partial charge in [-0.2, -0.15) is 0 Å². The Hall–Kier alpha value is -4.32. The number of fused-ring (bicyclic) bond motifs is 2. The number of piperazine rings is 1. The molecule has 1 N–H and O–H groups in total. The van der Waals surface area contributed by atoms with Gasteiger partial charge in [-0.3, -0.25) is 9.80 Å². The molecule has 0 bridgehead atoms. The van der Waals surface area contributed by atoms with Crippen molar-refractivity contribution in [3.63, 3.8) is 0 Å². The van der Waals surface area contributed by atoms with Gasteiger partial charge in [0, 0.05) is 87.9 Å². The lowest BCUT2D eigenvalue weighted by Crippen LogP contribution is -2.49. The molecule has 8 rings (SSSR count). The number of anilines is 2. The Balaban J connectivity index is 0.822. The largest absolute Gasteiger partial charge is 0.372 e. The monoisotopic (exact) mass is 734 g/mol. The van der Waals surface area contributed by atoms with Gasteiger partial charge >= 0.3 is 0 Å². The maximum absolute atomic E-state index is 4.13. The highest BCUT2D eigenvalue weighted by atomic mass is 15.3. The van der Waals surface area contributed by atoms with Gasteiger partial charge in [0.15, 0.2) is 0 Å². The second-order valence-electron chi connectivity index (χ2n) is 17.1. The third-order valence-electron chi connectivity index (χ3n) is 13.5. The molecule has 0 spiro atoms. The standard InChI is InChI=1S/C50H63N5/c1-5-51-38(3)12-13-39(4)55-28-25-41-14-20-47(34-45(41)36-55)54-31-29-52(30-32-54)35-40-23-26-53(27-24-40)46-18-15-43(16-19-46)50-48(42-9-7-6-8-10-42)22-17-44-33-37(2)11-21-49(44)50/h5-11,14-16,18-21,33-34,39-40,48,50-51H,1,3,12-13,17,22-32,35-36H2,2,4H3. The van der Waals surface area contributed by atoms with E-state index < -0.39 is 0 Å². The van der Waals surface area contributed by atoms with Crippen molar-refractivity contribution in [2.24, 2.45) is 5.92 Å². The maximum atomic E-state index is 4.13. The SMILES string of the molecule is C=CNC(=C)CCC(C)N1CCc2ccc(N3CCN(CC4CCN(c5ccc(C6c7ccc(C)cc7CCC6c6ccccc6)cc5)CC4)CC3)cc2C1. The summed E-state index contributed by atoms with van der Waals surface area (Å²) in [5.74, 6) is 1.71. The van der Waals surface area contributed by atoms with Crippen molar-refractivity contribution in [1.29, 1.82) is 0 Å². The number of rotatable bonds is 12. The normalized spacial score (nSPS) is 21.4. The number of benzene rings is 4. The van der Waals surface area contributed by atoms with Crippen molar-refractivity contribution in [1.82, 2.24) is 15.1 Å². The van der Waals surface area contributed by atoms with E-state index in [1.807, 2.05) is 0 Å². The van der Waals surface area contributed by atoms with E-state index in [0.717, 1.165) is 76.6 Å². The molecule has 55 heavy (non-hydrogen) atoms. The van der Waals surface area contributed by atoms with Gasteiger partial charge in [0.1, 0.15) is 0 Å². The smallest absolute Gasteiger partial charge is 0.0370 e. The Kier molecular flexibility index (Phi) is 11.8. The van der Waals surface area contributed by atoms with E-state index in [1.54, 1.807) is 6.20 Å². The zero-order chi connectivity index (χ0) is 37.7. The maximum Gasteiger partial charge on any atom is 0.0370 e. The topological polar surface area (TPSA) is 25.0 Å². The number of aryl methyl sites for hydroxylation is 2. The van der Waals surface area contributed by atoms with Gasteiger partial charge in [0.2, 0.25) is 0 Å². The Bertz CT molecular complexity index is 1900. The molecule has 288 valence electrons. The van der Waals surface area contributed by atoms with E-state index in [9.17, 15) is 0 Å². The minimum absolute atomic E-state index is 0.403. The van der Waals surface area contributed by atoms with Crippen LogP contribution < -0.4 is 15.1 Å². The Morgan fingerprint density at radius 1 is 0.745 bits per heavy atom. The third kappa shape index (κ3) is 8.74. The first-order valence-corrected chi connectivity index (χ1v) is 21.3. The van der Waals surface area contributed by atoms with Gasteiger partial charge in [-0.15, -0.1) is 0 Å².